The minimum atomic E-state index is -4.42. The van der Waals surface area contributed by atoms with Gasteiger partial charge in [-0.15, -0.1) is 0 Å². The quantitative estimate of drug-likeness (QED) is 0.652. The van der Waals surface area contributed by atoms with Gasteiger partial charge in [0.15, 0.2) is 5.82 Å². The van der Waals surface area contributed by atoms with Gasteiger partial charge in [0.1, 0.15) is 11.9 Å². The number of rotatable bonds is 5. The zero-order valence-corrected chi connectivity index (χ0v) is 14.9. The monoisotopic (exact) mass is 402 g/mol. The van der Waals surface area contributed by atoms with Gasteiger partial charge in [-0.1, -0.05) is 18.2 Å². The maximum atomic E-state index is 13.4. The Kier molecular flexibility index (Phi) is 5.64. The van der Waals surface area contributed by atoms with E-state index in [2.05, 4.69) is 10.4 Å². The third-order valence-electron chi connectivity index (χ3n) is 4.05. The average molecular weight is 402 g/mol. The number of alkyl halides is 3. The molecule has 0 aliphatic heterocycles. The van der Waals surface area contributed by atoms with Crippen molar-refractivity contribution in [1.82, 2.24) is 9.78 Å². The maximum Gasteiger partial charge on any atom is 0.416 e. The fourth-order valence-electron chi connectivity index (χ4n) is 2.64. The van der Waals surface area contributed by atoms with E-state index in [0.717, 1.165) is 12.1 Å². The van der Waals surface area contributed by atoms with Crippen LogP contribution >= 0.6 is 0 Å². The third-order valence-corrected chi connectivity index (χ3v) is 4.05. The lowest BCUT2D eigenvalue weighted by molar-refractivity contribution is -0.137. The summed E-state index contributed by atoms with van der Waals surface area (Å²) in [6.45, 7) is 0.268. The number of hydrogen-bond acceptors (Lipinski definition) is 3. The van der Waals surface area contributed by atoms with Crippen LogP contribution in [0.3, 0.4) is 0 Å². The Morgan fingerprint density at radius 1 is 1.10 bits per heavy atom. The second-order valence-corrected chi connectivity index (χ2v) is 6.24. The SMILES string of the molecule is N#Cc1cc(Cn2ccc(NC(=O)Cc3ccc(C(F)(F)F)cc3)n2)ccc1F. The van der Waals surface area contributed by atoms with Gasteiger partial charge in [0.2, 0.25) is 5.91 Å². The molecule has 2 aromatic carbocycles. The number of nitrogens with zero attached hydrogens (tertiary/aromatic N) is 3. The highest BCUT2D eigenvalue weighted by Gasteiger charge is 2.29. The number of anilines is 1. The van der Waals surface area contributed by atoms with Gasteiger partial charge in [-0.2, -0.15) is 23.5 Å². The zero-order chi connectivity index (χ0) is 21.0. The van der Waals surface area contributed by atoms with Crippen molar-refractivity contribution in [2.45, 2.75) is 19.1 Å². The summed E-state index contributed by atoms with van der Waals surface area (Å²) in [6, 6.07) is 11.8. The number of carbonyl (C=O) groups excluding carboxylic acids is 1. The van der Waals surface area contributed by atoms with Gasteiger partial charge in [-0.3, -0.25) is 9.48 Å². The number of aromatic nitrogens is 2. The van der Waals surface area contributed by atoms with Crippen molar-refractivity contribution < 1.29 is 22.4 Å². The molecule has 0 atom stereocenters. The van der Waals surface area contributed by atoms with E-state index in [0.29, 0.717) is 11.1 Å². The van der Waals surface area contributed by atoms with E-state index in [-0.39, 0.29) is 24.3 Å². The van der Waals surface area contributed by atoms with Gasteiger partial charge >= 0.3 is 6.18 Å². The molecule has 0 unspecified atom stereocenters. The molecule has 0 aliphatic rings. The molecule has 1 aromatic heterocycles. The summed E-state index contributed by atoms with van der Waals surface area (Å²) in [6.07, 6.45) is -2.93. The average Bonchev–Trinajstić information content (AvgIpc) is 3.09. The first-order valence-corrected chi connectivity index (χ1v) is 8.42. The lowest BCUT2D eigenvalue weighted by Crippen LogP contribution is -2.15. The van der Waals surface area contributed by atoms with E-state index >= 15 is 0 Å². The molecule has 0 radical (unpaired) electrons. The van der Waals surface area contributed by atoms with Gasteiger partial charge in [-0.25, -0.2) is 4.39 Å². The van der Waals surface area contributed by atoms with Crippen LogP contribution in [-0.2, 0) is 23.9 Å². The van der Waals surface area contributed by atoms with E-state index < -0.39 is 23.5 Å². The van der Waals surface area contributed by atoms with Crippen LogP contribution in [0.1, 0.15) is 22.3 Å². The largest absolute Gasteiger partial charge is 0.416 e. The zero-order valence-electron chi connectivity index (χ0n) is 14.9. The summed E-state index contributed by atoms with van der Waals surface area (Å²) in [7, 11) is 0. The van der Waals surface area contributed by atoms with Crippen LogP contribution < -0.4 is 5.32 Å². The summed E-state index contributed by atoms with van der Waals surface area (Å²) >= 11 is 0. The smallest absolute Gasteiger partial charge is 0.309 e. The molecule has 3 aromatic rings. The van der Waals surface area contributed by atoms with Crippen molar-refractivity contribution >= 4 is 11.7 Å². The molecule has 0 fully saturated rings. The molecule has 9 heteroatoms. The molecule has 0 spiro atoms. The number of nitriles is 1. The van der Waals surface area contributed by atoms with Crippen LogP contribution in [0.15, 0.2) is 54.7 Å². The van der Waals surface area contributed by atoms with Gasteiger partial charge in [0, 0.05) is 12.3 Å². The molecule has 148 valence electrons. The van der Waals surface area contributed by atoms with Crippen molar-refractivity contribution in [2.24, 2.45) is 0 Å². The van der Waals surface area contributed by atoms with E-state index in [1.165, 1.54) is 35.0 Å². The first-order valence-electron chi connectivity index (χ1n) is 8.42. The molecule has 5 nitrogen and oxygen atoms in total. The summed E-state index contributed by atoms with van der Waals surface area (Å²) in [5, 5.41) is 15.6. The minimum absolute atomic E-state index is 0.0697. The molecule has 0 bridgehead atoms. The molecular weight excluding hydrogens is 388 g/mol. The van der Waals surface area contributed by atoms with Crippen molar-refractivity contribution in [3.63, 3.8) is 0 Å². The van der Waals surface area contributed by atoms with E-state index in [4.69, 9.17) is 5.26 Å². The second-order valence-electron chi connectivity index (χ2n) is 6.24. The lowest BCUT2D eigenvalue weighted by Gasteiger charge is -2.07. The van der Waals surface area contributed by atoms with Crippen LogP contribution in [0.2, 0.25) is 0 Å². The summed E-state index contributed by atoms with van der Waals surface area (Å²) < 4.78 is 52.6. The predicted molar refractivity (Wildman–Crippen MR) is 96.2 cm³/mol. The molecule has 1 heterocycles. The number of nitrogens with one attached hydrogen (secondary N) is 1. The van der Waals surface area contributed by atoms with Crippen LogP contribution in [0.25, 0.3) is 0 Å². The molecule has 0 saturated carbocycles. The predicted octanol–water partition coefficient (Wildman–Crippen LogP) is 4.14. The van der Waals surface area contributed by atoms with Crippen molar-refractivity contribution in [3.8, 4) is 6.07 Å². The van der Waals surface area contributed by atoms with Crippen molar-refractivity contribution in [1.29, 1.82) is 5.26 Å². The van der Waals surface area contributed by atoms with Gasteiger partial charge < -0.3 is 5.32 Å². The first kappa shape index (κ1) is 20.1. The number of halogens is 4. The van der Waals surface area contributed by atoms with Crippen molar-refractivity contribution in [3.05, 3.63) is 82.8 Å². The van der Waals surface area contributed by atoms with E-state index in [1.54, 1.807) is 18.3 Å². The fourth-order valence-corrected chi connectivity index (χ4v) is 2.64. The van der Waals surface area contributed by atoms with Crippen LogP contribution in [0, 0.1) is 17.1 Å². The number of hydrogen-bond donors (Lipinski definition) is 1. The van der Waals surface area contributed by atoms with Gasteiger partial charge in [0.05, 0.1) is 24.1 Å². The Morgan fingerprint density at radius 2 is 1.79 bits per heavy atom. The molecule has 1 amide bonds. The Balaban J connectivity index is 1.60. The van der Waals surface area contributed by atoms with Crippen LogP contribution in [-0.4, -0.2) is 15.7 Å². The van der Waals surface area contributed by atoms with Crippen LogP contribution in [0.4, 0.5) is 23.4 Å². The normalized spacial score (nSPS) is 11.1. The topological polar surface area (TPSA) is 70.7 Å². The van der Waals surface area contributed by atoms with Gasteiger partial charge in [-0.05, 0) is 35.4 Å². The molecule has 0 aliphatic carbocycles. The summed E-state index contributed by atoms with van der Waals surface area (Å²) in [5.41, 5.74) is 0.249. The highest BCUT2D eigenvalue weighted by molar-refractivity contribution is 5.91. The third kappa shape index (κ3) is 5.19. The Bertz CT molecular complexity index is 1070. The minimum Gasteiger partial charge on any atom is -0.309 e. The maximum absolute atomic E-state index is 13.4. The van der Waals surface area contributed by atoms with E-state index in [9.17, 15) is 22.4 Å². The van der Waals surface area contributed by atoms with E-state index in [1.807, 2.05) is 0 Å². The number of benzene rings is 2. The molecule has 0 saturated heterocycles. The Morgan fingerprint density at radius 3 is 2.45 bits per heavy atom. The highest BCUT2D eigenvalue weighted by atomic mass is 19.4. The first-order chi connectivity index (χ1) is 13.7. The van der Waals surface area contributed by atoms with Gasteiger partial charge in [0.25, 0.3) is 0 Å². The molecule has 1 N–H and O–H groups in total. The number of carbonyl (C=O) groups is 1. The highest BCUT2D eigenvalue weighted by Crippen LogP contribution is 2.29. The fraction of sp³-hybridized carbons (Fsp3) is 0.150. The molecule has 3 rings (SSSR count). The molecule has 29 heavy (non-hydrogen) atoms. The standard InChI is InChI=1S/C20H14F4N4O/c21-17-6-3-14(9-15(17)11-25)12-28-8-7-18(27-28)26-19(29)10-13-1-4-16(5-2-13)20(22,23)24/h1-9H,10,12H2,(H,26,27,29). The summed E-state index contributed by atoms with van der Waals surface area (Å²) in [4.78, 5) is 12.1. The lowest BCUT2D eigenvalue weighted by atomic mass is 10.1. The van der Waals surface area contributed by atoms with Crippen molar-refractivity contribution in [2.75, 3.05) is 5.32 Å². The molecular formula is C20H14F4N4O. The number of amides is 1. The second kappa shape index (κ2) is 8.14. The Labute approximate surface area is 163 Å². The Hall–Kier alpha value is -3.67. The summed E-state index contributed by atoms with van der Waals surface area (Å²) in [5.74, 6) is -0.763. The van der Waals surface area contributed by atoms with Crippen LogP contribution in [0.5, 0.6) is 0 Å².